The maximum Gasteiger partial charge on any atom is 0.228 e. The van der Waals surface area contributed by atoms with E-state index in [-0.39, 0.29) is 10.8 Å². The summed E-state index contributed by atoms with van der Waals surface area (Å²) in [5.41, 5.74) is 8.20. The lowest BCUT2D eigenvalue weighted by molar-refractivity contribution is -0.659. The number of benzene rings is 4. The Kier molecular flexibility index (Phi) is 5.44. The summed E-state index contributed by atoms with van der Waals surface area (Å²) < 4.78 is 9.34. The zero-order valence-electron chi connectivity index (χ0n) is 24.5. The number of rotatable bonds is 2. The van der Waals surface area contributed by atoms with Crippen LogP contribution in [0.4, 0.5) is 0 Å². The number of aryl methyl sites for hydroxylation is 3. The molecule has 0 unspecified atom stereocenters. The van der Waals surface area contributed by atoms with Gasteiger partial charge in [-0.05, 0) is 81.8 Å². The SMILES string of the molecule is Cc1c2c(c(CC(C)(C)C)c3ccccc13)Oc1cc3cc(CC(C)(C)C)cc(C)c3c3cc[n+](C)c-2c13. The van der Waals surface area contributed by atoms with Gasteiger partial charge < -0.3 is 4.74 Å². The standard InChI is InChI=1S/C36H40NO/c1-21-16-23(19-35(3,4)5)17-24-18-29-32-27(30(21)24)14-15-37(9)33(32)31-22(2)25-12-10-11-13-26(25)28(34(31)38-29)20-36(6,7)8/h10-18H,19-20H2,1-9H3/q+1. The molecule has 0 spiro atoms. The predicted octanol–water partition coefficient (Wildman–Crippen LogP) is 9.54. The van der Waals surface area contributed by atoms with Crippen molar-refractivity contribution in [1.29, 1.82) is 0 Å². The van der Waals surface area contributed by atoms with Crippen LogP contribution in [0.3, 0.4) is 0 Å². The number of aromatic nitrogens is 1. The van der Waals surface area contributed by atoms with E-state index in [1.54, 1.807) is 0 Å². The molecule has 2 heteroatoms. The van der Waals surface area contributed by atoms with E-state index >= 15 is 0 Å². The first-order valence-electron chi connectivity index (χ1n) is 13.9. The Morgan fingerprint density at radius 2 is 1.45 bits per heavy atom. The Bertz CT molecular complexity index is 1780. The molecular formula is C36H40NO+. The number of ether oxygens (including phenoxy) is 1. The molecule has 0 saturated carbocycles. The molecule has 38 heavy (non-hydrogen) atoms. The first kappa shape index (κ1) is 24.9. The first-order chi connectivity index (χ1) is 17.8. The van der Waals surface area contributed by atoms with Gasteiger partial charge >= 0.3 is 0 Å². The van der Waals surface area contributed by atoms with Crippen molar-refractivity contribution >= 4 is 32.3 Å². The fourth-order valence-corrected chi connectivity index (χ4v) is 6.65. The van der Waals surface area contributed by atoms with E-state index in [0.717, 1.165) is 24.3 Å². The molecule has 2 nitrogen and oxygen atoms in total. The van der Waals surface area contributed by atoms with Gasteiger partial charge in [0.05, 0.1) is 10.9 Å². The lowest BCUT2D eigenvalue weighted by atomic mass is 9.81. The second-order valence-corrected chi connectivity index (χ2v) is 13.9. The van der Waals surface area contributed by atoms with E-state index in [2.05, 4.69) is 122 Å². The molecule has 0 fully saturated rings. The summed E-state index contributed by atoms with van der Waals surface area (Å²) in [6, 6.07) is 18.2. The highest BCUT2D eigenvalue weighted by atomic mass is 16.5. The summed E-state index contributed by atoms with van der Waals surface area (Å²) in [7, 11) is 2.18. The minimum absolute atomic E-state index is 0.131. The molecule has 0 saturated heterocycles. The number of nitrogens with zero attached hydrogens (tertiary/aromatic N) is 1. The summed E-state index contributed by atoms with van der Waals surface area (Å²) in [5.74, 6) is 2.01. The number of fused-ring (bicyclic) bond motifs is 5. The number of hydrogen-bond acceptors (Lipinski definition) is 1. The van der Waals surface area contributed by atoms with Crippen LogP contribution in [0.2, 0.25) is 0 Å². The highest BCUT2D eigenvalue weighted by Gasteiger charge is 2.34. The van der Waals surface area contributed by atoms with Crippen molar-refractivity contribution in [2.24, 2.45) is 17.9 Å². The molecule has 0 amide bonds. The minimum Gasteiger partial charge on any atom is -0.455 e. The predicted molar refractivity (Wildman–Crippen MR) is 161 cm³/mol. The van der Waals surface area contributed by atoms with Crippen LogP contribution in [0, 0.1) is 24.7 Å². The second kappa shape index (κ2) is 8.30. The molecule has 5 aromatic rings. The van der Waals surface area contributed by atoms with Gasteiger partial charge in [-0.3, -0.25) is 0 Å². The van der Waals surface area contributed by atoms with Crippen molar-refractivity contribution in [3.8, 4) is 22.8 Å². The van der Waals surface area contributed by atoms with Gasteiger partial charge in [0.1, 0.15) is 18.5 Å². The van der Waals surface area contributed by atoms with Gasteiger partial charge in [0.15, 0.2) is 6.20 Å². The zero-order chi connectivity index (χ0) is 27.1. The maximum atomic E-state index is 7.05. The fraction of sp³-hybridized carbons (Fsp3) is 0.361. The van der Waals surface area contributed by atoms with Crippen molar-refractivity contribution < 1.29 is 9.30 Å². The Hall–Kier alpha value is -3.39. The molecule has 2 heterocycles. The molecule has 1 aromatic heterocycles. The van der Waals surface area contributed by atoms with E-state index in [1.165, 1.54) is 65.8 Å². The molecule has 1 aliphatic rings. The molecule has 0 atom stereocenters. The Morgan fingerprint density at radius 1 is 0.763 bits per heavy atom. The molecule has 1 aliphatic heterocycles. The molecule has 0 bridgehead atoms. The minimum atomic E-state index is 0.131. The van der Waals surface area contributed by atoms with Gasteiger partial charge in [-0.25, -0.2) is 4.57 Å². The molecule has 0 aliphatic carbocycles. The molecule has 0 radical (unpaired) electrons. The zero-order valence-corrected chi connectivity index (χ0v) is 24.5. The van der Waals surface area contributed by atoms with Crippen molar-refractivity contribution in [3.63, 3.8) is 0 Å². The first-order valence-corrected chi connectivity index (χ1v) is 13.9. The van der Waals surface area contributed by atoms with E-state index in [1.807, 2.05) is 0 Å². The average Bonchev–Trinajstić information content (AvgIpc) is 2.81. The van der Waals surface area contributed by atoms with Crippen LogP contribution in [-0.2, 0) is 19.9 Å². The van der Waals surface area contributed by atoms with Gasteiger partial charge in [-0.15, -0.1) is 0 Å². The molecule has 6 rings (SSSR count). The van der Waals surface area contributed by atoms with Crippen molar-refractivity contribution in [3.05, 3.63) is 77.0 Å². The topological polar surface area (TPSA) is 13.1 Å². The highest BCUT2D eigenvalue weighted by Crippen LogP contribution is 2.53. The smallest absolute Gasteiger partial charge is 0.228 e. The molecule has 4 aromatic carbocycles. The summed E-state index contributed by atoms with van der Waals surface area (Å²) in [4.78, 5) is 0. The fourth-order valence-electron chi connectivity index (χ4n) is 6.65. The van der Waals surface area contributed by atoms with E-state index < -0.39 is 0 Å². The van der Waals surface area contributed by atoms with Crippen LogP contribution in [0.5, 0.6) is 11.5 Å². The highest BCUT2D eigenvalue weighted by molar-refractivity contribution is 6.17. The van der Waals surface area contributed by atoms with Crippen LogP contribution in [0.25, 0.3) is 43.6 Å². The van der Waals surface area contributed by atoms with E-state index in [9.17, 15) is 0 Å². The summed E-state index contributed by atoms with van der Waals surface area (Å²) in [6.07, 6.45) is 4.24. The third-order valence-electron chi connectivity index (χ3n) is 7.97. The summed E-state index contributed by atoms with van der Waals surface area (Å²) in [6.45, 7) is 18.4. The van der Waals surface area contributed by atoms with Crippen LogP contribution in [0.1, 0.15) is 63.8 Å². The van der Waals surface area contributed by atoms with Gasteiger partial charge in [-0.1, -0.05) is 77.9 Å². The van der Waals surface area contributed by atoms with Gasteiger partial charge in [0, 0.05) is 17.0 Å². The molecule has 0 N–H and O–H groups in total. The van der Waals surface area contributed by atoms with E-state index in [0.29, 0.717) is 0 Å². The van der Waals surface area contributed by atoms with E-state index in [4.69, 9.17) is 4.74 Å². The number of pyridine rings is 1. The third-order valence-corrected chi connectivity index (χ3v) is 7.97. The van der Waals surface area contributed by atoms with Crippen molar-refractivity contribution in [2.75, 3.05) is 0 Å². The summed E-state index contributed by atoms with van der Waals surface area (Å²) >= 11 is 0. The normalized spacial score (nSPS) is 13.3. The lowest BCUT2D eigenvalue weighted by Gasteiger charge is -2.28. The van der Waals surface area contributed by atoms with Gasteiger partial charge in [-0.2, -0.15) is 0 Å². The maximum absolute atomic E-state index is 7.05. The third kappa shape index (κ3) is 3.97. The summed E-state index contributed by atoms with van der Waals surface area (Å²) in [5, 5.41) is 7.73. The quantitative estimate of drug-likeness (QED) is 0.170. The van der Waals surface area contributed by atoms with Crippen LogP contribution in [0.15, 0.2) is 54.7 Å². The number of hydrogen-bond donors (Lipinski definition) is 0. The van der Waals surface area contributed by atoms with Gasteiger partial charge in [0.2, 0.25) is 5.69 Å². The average molecular weight is 503 g/mol. The Balaban J connectivity index is 1.74. The Morgan fingerprint density at radius 3 is 2.13 bits per heavy atom. The molecule has 194 valence electrons. The van der Waals surface area contributed by atoms with Gasteiger partial charge in [0.25, 0.3) is 0 Å². The lowest BCUT2D eigenvalue weighted by Crippen LogP contribution is -2.32. The monoisotopic (exact) mass is 502 g/mol. The second-order valence-electron chi connectivity index (χ2n) is 13.9. The van der Waals surface area contributed by atoms with Crippen LogP contribution < -0.4 is 9.30 Å². The molecular weight excluding hydrogens is 462 g/mol. The van der Waals surface area contributed by atoms with Crippen LogP contribution in [-0.4, -0.2) is 0 Å². The van der Waals surface area contributed by atoms with Crippen LogP contribution >= 0.6 is 0 Å². The Labute approximate surface area is 227 Å². The van der Waals surface area contributed by atoms with Crippen molar-refractivity contribution in [1.82, 2.24) is 0 Å². The largest absolute Gasteiger partial charge is 0.455 e. The van der Waals surface area contributed by atoms with Crippen molar-refractivity contribution in [2.45, 2.75) is 68.2 Å².